The number of nitrogens with one attached hydrogen (secondary N) is 1. The van der Waals surface area contributed by atoms with Crippen molar-refractivity contribution >= 4 is 44.8 Å². The van der Waals surface area contributed by atoms with Gasteiger partial charge in [-0.3, -0.25) is 4.79 Å². The highest BCUT2D eigenvalue weighted by Gasteiger charge is 2.32. The molecule has 1 amide bonds. The summed E-state index contributed by atoms with van der Waals surface area (Å²) in [7, 11) is -3.83. The molecule has 1 saturated heterocycles. The quantitative estimate of drug-likeness (QED) is 0.725. The predicted octanol–water partition coefficient (Wildman–Crippen LogP) is 4.95. The van der Waals surface area contributed by atoms with Crippen LogP contribution in [0.3, 0.4) is 0 Å². The molecule has 0 radical (unpaired) electrons. The number of anilines is 1. The van der Waals surface area contributed by atoms with Crippen LogP contribution >= 0.6 is 23.2 Å². The smallest absolute Gasteiger partial charge is 0.258 e. The monoisotopic (exact) mass is 444 g/mol. The van der Waals surface area contributed by atoms with Gasteiger partial charge in [0.25, 0.3) is 5.91 Å². The number of nitrogens with zero attached hydrogens (tertiary/aromatic N) is 1. The van der Waals surface area contributed by atoms with Crippen LogP contribution < -0.4 is 5.32 Å². The van der Waals surface area contributed by atoms with Gasteiger partial charge < -0.3 is 5.32 Å². The van der Waals surface area contributed by atoms with Gasteiger partial charge in [-0.25, -0.2) is 12.8 Å². The minimum absolute atomic E-state index is 0.115. The Bertz CT molecular complexity index is 1010. The van der Waals surface area contributed by atoms with E-state index in [1.165, 1.54) is 16.4 Å². The average Bonchev–Trinajstić information content (AvgIpc) is 2.65. The van der Waals surface area contributed by atoms with E-state index in [-0.39, 0.29) is 32.2 Å². The summed E-state index contributed by atoms with van der Waals surface area (Å²) >= 11 is 12.0. The first kappa shape index (κ1) is 21.0. The minimum Gasteiger partial charge on any atom is -0.320 e. The number of halogens is 3. The third kappa shape index (κ3) is 4.17. The lowest BCUT2D eigenvalue weighted by Gasteiger charge is -2.32. The molecule has 9 heteroatoms. The number of carbonyl (C=O) groups excluding carboxylic acids is 1. The van der Waals surface area contributed by atoms with Crippen molar-refractivity contribution in [1.82, 2.24) is 4.31 Å². The van der Waals surface area contributed by atoms with Crippen molar-refractivity contribution in [3.8, 4) is 0 Å². The lowest BCUT2D eigenvalue weighted by atomic mass is 10.1. The topological polar surface area (TPSA) is 66.5 Å². The molecule has 0 spiro atoms. The zero-order valence-corrected chi connectivity index (χ0v) is 17.4. The fraction of sp³-hybridized carbons (Fsp3) is 0.316. The number of amides is 1. The third-order valence-corrected chi connectivity index (χ3v) is 7.56. The Morgan fingerprint density at radius 3 is 2.68 bits per heavy atom. The zero-order chi connectivity index (χ0) is 20.5. The van der Waals surface area contributed by atoms with Crippen LogP contribution in [0.15, 0.2) is 41.3 Å². The van der Waals surface area contributed by atoms with Gasteiger partial charge in [-0.15, -0.1) is 0 Å². The molecular weight excluding hydrogens is 426 g/mol. The first-order valence-electron chi connectivity index (χ1n) is 8.78. The standard InChI is InChI=1S/C19H19Cl2FN2O3S/c1-12-5-2-3-10-24(12)28(26,27)13-8-9-16(22)14(11-13)19(25)23-17-7-4-6-15(20)18(17)21/h4,6-9,11-12H,2-3,5,10H2,1H3,(H,23,25). The lowest BCUT2D eigenvalue weighted by Crippen LogP contribution is -2.42. The Hall–Kier alpha value is -1.67. The van der Waals surface area contributed by atoms with E-state index in [2.05, 4.69) is 5.32 Å². The molecule has 2 aromatic carbocycles. The van der Waals surface area contributed by atoms with Crippen LogP contribution in [-0.2, 0) is 10.0 Å². The van der Waals surface area contributed by atoms with Crippen molar-refractivity contribution in [3.63, 3.8) is 0 Å². The summed E-state index contributed by atoms with van der Waals surface area (Å²) in [6.45, 7) is 2.25. The molecule has 1 heterocycles. The van der Waals surface area contributed by atoms with Crippen LogP contribution in [0.2, 0.25) is 10.0 Å². The van der Waals surface area contributed by atoms with E-state index >= 15 is 0 Å². The number of sulfonamides is 1. The van der Waals surface area contributed by atoms with Gasteiger partial charge in [0.1, 0.15) is 5.82 Å². The van der Waals surface area contributed by atoms with Crippen molar-refractivity contribution in [1.29, 1.82) is 0 Å². The van der Waals surface area contributed by atoms with Crippen LogP contribution in [0.4, 0.5) is 10.1 Å². The maximum atomic E-state index is 14.3. The first-order valence-corrected chi connectivity index (χ1v) is 11.0. The Kier molecular flexibility index (Phi) is 6.29. The molecule has 2 aromatic rings. The maximum absolute atomic E-state index is 14.3. The van der Waals surface area contributed by atoms with E-state index in [1.807, 2.05) is 6.92 Å². The second kappa shape index (κ2) is 8.37. The summed E-state index contributed by atoms with van der Waals surface area (Å²) in [5, 5.41) is 2.82. The first-order chi connectivity index (χ1) is 13.2. The largest absolute Gasteiger partial charge is 0.320 e. The maximum Gasteiger partial charge on any atom is 0.258 e. The third-order valence-electron chi connectivity index (χ3n) is 4.73. The number of hydrogen-bond acceptors (Lipinski definition) is 3. The number of carbonyl (C=O) groups is 1. The molecule has 3 rings (SSSR count). The molecule has 150 valence electrons. The molecule has 1 aliphatic rings. The van der Waals surface area contributed by atoms with Crippen molar-refractivity contribution in [2.45, 2.75) is 37.1 Å². The average molecular weight is 445 g/mol. The molecule has 1 atom stereocenters. The van der Waals surface area contributed by atoms with Crippen molar-refractivity contribution < 1.29 is 17.6 Å². The minimum atomic E-state index is -3.83. The molecule has 1 unspecified atom stereocenters. The van der Waals surface area contributed by atoms with Crippen LogP contribution in [0.1, 0.15) is 36.5 Å². The van der Waals surface area contributed by atoms with Gasteiger partial charge >= 0.3 is 0 Å². The Labute approximate surface area is 173 Å². The van der Waals surface area contributed by atoms with Gasteiger partial charge in [0.05, 0.1) is 26.2 Å². The summed E-state index contributed by atoms with van der Waals surface area (Å²) in [6.07, 6.45) is 2.50. The summed E-state index contributed by atoms with van der Waals surface area (Å²) < 4.78 is 41.6. The summed E-state index contributed by atoms with van der Waals surface area (Å²) in [5.41, 5.74) is -0.182. The molecule has 0 aliphatic carbocycles. The summed E-state index contributed by atoms with van der Waals surface area (Å²) in [6, 6.07) is 7.71. The van der Waals surface area contributed by atoms with E-state index in [0.717, 1.165) is 31.4 Å². The number of hydrogen-bond donors (Lipinski definition) is 1. The SMILES string of the molecule is CC1CCCCN1S(=O)(=O)c1ccc(F)c(C(=O)Nc2cccc(Cl)c2Cl)c1. The summed E-state index contributed by atoms with van der Waals surface area (Å²) in [5.74, 6) is -1.65. The van der Waals surface area contributed by atoms with Gasteiger partial charge in [-0.1, -0.05) is 35.7 Å². The highest BCUT2D eigenvalue weighted by Crippen LogP contribution is 2.31. The van der Waals surface area contributed by atoms with Crippen molar-refractivity contribution in [2.75, 3.05) is 11.9 Å². The van der Waals surface area contributed by atoms with Crippen LogP contribution in [0, 0.1) is 5.82 Å². The summed E-state index contributed by atoms with van der Waals surface area (Å²) in [4.78, 5) is 12.4. The van der Waals surface area contributed by atoms with Crippen LogP contribution in [0.5, 0.6) is 0 Å². The van der Waals surface area contributed by atoms with Gasteiger partial charge in [-0.2, -0.15) is 4.31 Å². The predicted molar refractivity (Wildman–Crippen MR) is 108 cm³/mol. The van der Waals surface area contributed by atoms with E-state index in [4.69, 9.17) is 23.2 Å². The Morgan fingerprint density at radius 1 is 1.21 bits per heavy atom. The van der Waals surface area contributed by atoms with Crippen molar-refractivity contribution in [2.24, 2.45) is 0 Å². The van der Waals surface area contributed by atoms with E-state index in [1.54, 1.807) is 12.1 Å². The highest BCUT2D eigenvalue weighted by atomic mass is 35.5. The normalized spacial score (nSPS) is 18.1. The Morgan fingerprint density at radius 2 is 1.96 bits per heavy atom. The van der Waals surface area contributed by atoms with Crippen LogP contribution in [0.25, 0.3) is 0 Å². The molecule has 28 heavy (non-hydrogen) atoms. The molecule has 0 aromatic heterocycles. The molecule has 1 fully saturated rings. The van der Waals surface area contributed by atoms with Gasteiger partial charge in [0.2, 0.25) is 10.0 Å². The van der Waals surface area contributed by atoms with Gasteiger partial charge in [-0.05, 0) is 50.1 Å². The lowest BCUT2D eigenvalue weighted by molar-refractivity contribution is 0.102. The molecular formula is C19H19Cl2FN2O3S. The fourth-order valence-corrected chi connectivity index (χ4v) is 5.27. The van der Waals surface area contributed by atoms with Crippen molar-refractivity contribution in [3.05, 3.63) is 57.8 Å². The van der Waals surface area contributed by atoms with E-state index in [9.17, 15) is 17.6 Å². The number of benzene rings is 2. The Balaban J connectivity index is 1.93. The second-order valence-corrected chi connectivity index (χ2v) is 9.33. The fourth-order valence-electron chi connectivity index (χ4n) is 3.19. The number of piperidine rings is 1. The number of rotatable bonds is 4. The van der Waals surface area contributed by atoms with E-state index < -0.39 is 21.7 Å². The van der Waals surface area contributed by atoms with Gasteiger partial charge in [0.15, 0.2) is 0 Å². The highest BCUT2D eigenvalue weighted by molar-refractivity contribution is 7.89. The molecule has 1 aliphatic heterocycles. The zero-order valence-electron chi connectivity index (χ0n) is 15.1. The van der Waals surface area contributed by atoms with Gasteiger partial charge in [0, 0.05) is 12.6 Å². The second-order valence-electron chi connectivity index (χ2n) is 6.66. The molecule has 5 nitrogen and oxygen atoms in total. The molecule has 1 N–H and O–H groups in total. The molecule has 0 saturated carbocycles. The molecule has 0 bridgehead atoms. The van der Waals surface area contributed by atoms with Crippen LogP contribution in [-0.4, -0.2) is 31.2 Å². The van der Waals surface area contributed by atoms with E-state index in [0.29, 0.717) is 6.54 Å².